The third-order valence-electron chi connectivity index (χ3n) is 3.65. The molecule has 1 unspecified atom stereocenters. The van der Waals surface area contributed by atoms with Gasteiger partial charge in [-0.05, 0) is 38.5 Å². The first kappa shape index (κ1) is 16.2. The normalized spacial score (nSPS) is 21.2. The number of rotatable bonds is 6. The van der Waals surface area contributed by atoms with Crippen LogP contribution in [-0.4, -0.2) is 29.7 Å². The van der Waals surface area contributed by atoms with E-state index in [1.165, 1.54) is 18.6 Å². The molecule has 2 N–H and O–H groups in total. The summed E-state index contributed by atoms with van der Waals surface area (Å²) in [5, 5.41) is 5.91. The van der Waals surface area contributed by atoms with Gasteiger partial charge in [0, 0.05) is 29.1 Å². The summed E-state index contributed by atoms with van der Waals surface area (Å²) in [6.07, 6.45) is 2.40. The second-order valence-electron chi connectivity index (χ2n) is 5.50. The maximum Gasteiger partial charge on any atom is 0.319 e. The lowest BCUT2D eigenvalue weighted by Gasteiger charge is -2.23. The van der Waals surface area contributed by atoms with Gasteiger partial charge in [-0.3, -0.25) is 0 Å². The highest BCUT2D eigenvalue weighted by atomic mass is 32.2. The minimum atomic E-state index is -0.146. The van der Waals surface area contributed by atoms with E-state index in [4.69, 9.17) is 4.74 Å². The third-order valence-corrected chi connectivity index (χ3v) is 5.19. The first-order valence-corrected chi connectivity index (χ1v) is 8.46. The minimum Gasteiger partial charge on any atom is -0.377 e. The Kier molecular flexibility index (Phi) is 5.94. The highest BCUT2D eigenvalue weighted by molar-refractivity contribution is 8.00. The van der Waals surface area contributed by atoms with E-state index in [1.807, 2.05) is 43.0 Å². The molecule has 0 aliphatic carbocycles. The SMILES string of the molecule is CCOCc1ccccc1NC(=O)NCC1(C)CCCS1. The molecule has 1 heterocycles. The number of carbonyl (C=O) groups is 1. The van der Waals surface area contributed by atoms with Crippen LogP contribution < -0.4 is 10.6 Å². The van der Waals surface area contributed by atoms with Crippen LogP contribution in [0.3, 0.4) is 0 Å². The zero-order valence-electron chi connectivity index (χ0n) is 12.8. The number of nitrogens with one attached hydrogen (secondary N) is 2. The van der Waals surface area contributed by atoms with E-state index in [0.29, 0.717) is 19.8 Å². The number of benzene rings is 1. The largest absolute Gasteiger partial charge is 0.377 e. The highest BCUT2D eigenvalue weighted by Gasteiger charge is 2.29. The lowest BCUT2D eigenvalue weighted by molar-refractivity contribution is 0.134. The summed E-state index contributed by atoms with van der Waals surface area (Å²) >= 11 is 1.94. The number of amides is 2. The van der Waals surface area contributed by atoms with Crippen LogP contribution in [0.2, 0.25) is 0 Å². The van der Waals surface area contributed by atoms with E-state index < -0.39 is 0 Å². The van der Waals surface area contributed by atoms with Crippen molar-refractivity contribution >= 4 is 23.5 Å². The smallest absolute Gasteiger partial charge is 0.319 e. The monoisotopic (exact) mass is 308 g/mol. The molecule has 1 aromatic rings. The zero-order valence-corrected chi connectivity index (χ0v) is 13.6. The minimum absolute atomic E-state index is 0.146. The molecule has 1 aliphatic heterocycles. The van der Waals surface area contributed by atoms with Crippen molar-refractivity contribution in [3.05, 3.63) is 29.8 Å². The summed E-state index contributed by atoms with van der Waals surface area (Å²) in [4.78, 5) is 12.1. The van der Waals surface area contributed by atoms with Crippen LogP contribution in [0.25, 0.3) is 0 Å². The molecule has 116 valence electrons. The Morgan fingerprint density at radius 2 is 2.24 bits per heavy atom. The van der Waals surface area contributed by atoms with Gasteiger partial charge in [0.15, 0.2) is 0 Å². The van der Waals surface area contributed by atoms with Gasteiger partial charge in [0.1, 0.15) is 0 Å². The molecule has 0 radical (unpaired) electrons. The number of anilines is 1. The van der Waals surface area contributed by atoms with Crippen molar-refractivity contribution in [1.29, 1.82) is 0 Å². The van der Waals surface area contributed by atoms with Crippen molar-refractivity contribution in [2.45, 2.75) is 38.0 Å². The van der Waals surface area contributed by atoms with Crippen molar-refractivity contribution in [1.82, 2.24) is 5.32 Å². The Balaban J connectivity index is 1.87. The summed E-state index contributed by atoms with van der Waals surface area (Å²) < 4.78 is 5.61. The molecular formula is C16H24N2O2S. The lowest BCUT2D eigenvalue weighted by Crippen LogP contribution is -2.39. The summed E-state index contributed by atoms with van der Waals surface area (Å²) in [7, 11) is 0. The van der Waals surface area contributed by atoms with Gasteiger partial charge in [-0.2, -0.15) is 11.8 Å². The van der Waals surface area contributed by atoms with Gasteiger partial charge in [0.2, 0.25) is 0 Å². The maximum absolute atomic E-state index is 12.1. The summed E-state index contributed by atoms with van der Waals surface area (Å²) in [6, 6.07) is 7.60. The first-order chi connectivity index (χ1) is 10.1. The van der Waals surface area contributed by atoms with Crippen LogP contribution >= 0.6 is 11.8 Å². The predicted molar refractivity (Wildman–Crippen MR) is 88.9 cm³/mol. The average molecular weight is 308 g/mol. The van der Waals surface area contributed by atoms with Crippen LogP contribution in [0.1, 0.15) is 32.3 Å². The molecular weight excluding hydrogens is 284 g/mol. The van der Waals surface area contributed by atoms with Crippen molar-refractivity contribution in [2.75, 3.05) is 24.2 Å². The summed E-state index contributed by atoms with van der Waals surface area (Å²) in [6.45, 7) is 6.06. The van der Waals surface area contributed by atoms with E-state index in [9.17, 15) is 4.79 Å². The Morgan fingerprint density at radius 3 is 2.95 bits per heavy atom. The molecule has 5 heteroatoms. The van der Waals surface area contributed by atoms with Gasteiger partial charge in [0.05, 0.1) is 6.61 Å². The average Bonchev–Trinajstić information content (AvgIpc) is 2.92. The summed E-state index contributed by atoms with van der Waals surface area (Å²) in [5.41, 5.74) is 1.81. The van der Waals surface area contributed by atoms with Gasteiger partial charge in [-0.25, -0.2) is 4.79 Å². The second kappa shape index (κ2) is 7.71. The maximum atomic E-state index is 12.1. The van der Waals surface area contributed by atoms with Gasteiger partial charge >= 0.3 is 6.03 Å². The van der Waals surface area contributed by atoms with Crippen LogP contribution in [0.15, 0.2) is 24.3 Å². The van der Waals surface area contributed by atoms with Crippen LogP contribution in [-0.2, 0) is 11.3 Å². The quantitative estimate of drug-likeness (QED) is 0.843. The Hall–Kier alpha value is -1.20. The van der Waals surface area contributed by atoms with Crippen LogP contribution in [0.5, 0.6) is 0 Å². The van der Waals surface area contributed by atoms with Crippen molar-refractivity contribution in [3.8, 4) is 0 Å². The number of para-hydroxylation sites is 1. The number of carbonyl (C=O) groups excluding carboxylic acids is 1. The van der Waals surface area contributed by atoms with Gasteiger partial charge in [0.25, 0.3) is 0 Å². The third kappa shape index (κ3) is 4.93. The Bertz CT molecular complexity index is 473. The number of ether oxygens (including phenoxy) is 1. The molecule has 1 saturated heterocycles. The lowest BCUT2D eigenvalue weighted by atomic mass is 10.1. The van der Waals surface area contributed by atoms with Crippen LogP contribution in [0, 0.1) is 0 Å². The standard InChI is InChI=1S/C16H24N2O2S/c1-3-20-11-13-7-4-5-8-14(13)18-15(19)17-12-16(2)9-6-10-21-16/h4-5,7-8H,3,6,9-12H2,1-2H3,(H2,17,18,19). The fourth-order valence-corrected chi connectivity index (χ4v) is 3.63. The van der Waals surface area contributed by atoms with E-state index in [-0.39, 0.29) is 10.8 Å². The number of thioether (sulfide) groups is 1. The molecule has 4 nitrogen and oxygen atoms in total. The van der Waals surface area contributed by atoms with Gasteiger partial charge in [-0.15, -0.1) is 0 Å². The molecule has 1 aliphatic rings. The molecule has 0 aromatic heterocycles. The molecule has 0 bridgehead atoms. The number of hydrogen-bond donors (Lipinski definition) is 2. The molecule has 2 rings (SSSR count). The van der Waals surface area contributed by atoms with E-state index >= 15 is 0 Å². The van der Waals surface area contributed by atoms with Crippen molar-refractivity contribution < 1.29 is 9.53 Å². The molecule has 0 spiro atoms. The van der Waals surface area contributed by atoms with E-state index in [2.05, 4.69) is 17.6 Å². The van der Waals surface area contributed by atoms with E-state index in [0.717, 1.165) is 11.3 Å². The Labute approximate surface area is 131 Å². The fourth-order valence-electron chi connectivity index (χ4n) is 2.39. The second-order valence-corrected chi connectivity index (χ2v) is 7.19. The fraction of sp³-hybridized carbons (Fsp3) is 0.562. The van der Waals surface area contributed by atoms with Crippen molar-refractivity contribution in [3.63, 3.8) is 0 Å². The topological polar surface area (TPSA) is 50.4 Å². The van der Waals surface area contributed by atoms with Gasteiger partial charge in [-0.1, -0.05) is 18.2 Å². The molecule has 1 aromatic carbocycles. The predicted octanol–water partition coefficient (Wildman–Crippen LogP) is 3.63. The molecule has 2 amide bonds. The summed E-state index contributed by atoms with van der Waals surface area (Å²) in [5.74, 6) is 1.19. The zero-order chi connectivity index (χ0) is 15.1. The van der Waals surface area contributed by atoms with Crippen molar-refractivity contribution in [2.24, 2.45) is 0 Å². The van der Waals surface area contributed by atoms with Crippen LogP contribution in [0.4, 0.5) is 10.5 Å². The number of hydrogen-bond acceptors (Lipinski definition) is 3. The molecule has 21 heavy (non-hydrogen) atoms. The molecule has 1 atom stereocenters. The highest BCUT2D eigenvalue weighted by Crippen LogP contribution is 2.36. The molecule has 0 saturated carbocycles. The van der Waals surface area contributed by atoms with Gasteiger partial charge < -0.3 is 15.4 Å². The number of urea groups is 1. The Morgan fingerprint density at radius 1 is 1.43 bits per heavy atom. The van der Waals surface area contributed by atoms with E-state index in [1.54, 1.807) is 0 Å². The molecule has 1 fully saturated rings. The first-order valence-electron chi connectivity index (χ1n) is 7.47.